The first kappa shape index (κ1) is 20.1. The fraction of sp³-hybridized carbons (Fsp3) is 0.583. The summed E-state index contributed by atoms with van der Waals surface area (Å²) < 4.78 is 0. The van der Waals surface area contributed by atoms with E-state index in [0.717, 1.165) is 7.05 Å². The Bertz CT molecular complexity index is 493. The van der Waals surface area contributed by atoms with Gasteiger partial charge in [0.2, 0.25) is 5.91 Å². The number of carbonyl (C=O) groups is 5. The number of urea groups is 1. The van der Waals surface area contributed by atoms with Crippen molar-refractivity contribution in [2.45, 2.75) is 37.8 Å². The third kappa shape index (κ3) is 7.64. The highest BCUT2D eigenvalue weighted by molar-refractivity contribution is 5.86. The van der Waals surface area contributed by atoms with Crippen LogP contribution in [0.25, 0.3) is 0 Å². The van der Waals surface area contributed by atoms with Gasteiger partial charge in [-0.1, -0.05) is 0 Å². The molecule has 0 aromatic rings. The molecule has 0 radical (unpaired) electrons. The molecule has 2 atom stereocenters. The Morgan fingerprint density at radius 3 is 1.96 bits per heavy atom. The normalized spacial score (nSPS) is 12.7. The van der Waals surface area contributed by atoms with Gasteiger partial charge < -0.3 is 31.3 Å². The maximum atomic E-state index is 11.9. The number of likely N-dealkylation sites (N-methyl/N-ethyl adjacent to an activating group) is 1. The van der Waals surface area contributed by atoms with Crippen LogP contribution in [-0.4, -0.2) is 69.2 Å². The predicted octanol–water partition coefficient (Wildman–Crippen LogP) is -1.34. The van der Waals surface area contributed by atoms with Crippen LogP contribution in [0.1, 0.15) is 25.7 Å². The van der Waals surface area contributed by atoms with E-state index in [1.165, 1.54) is 0 Å². The molecule has 23 heavy (non-hydrogen) atoms. The Morgan fingerprint density at radius 1 is 1.00 bits per heavy atom. The number of carboxylic acid groups (broad SMARTS) is 3. The molecule has 0 aliphatic heterocycles. The van der Waals surface area contributed by atoms with Crippen molar-refractivity contribution < 1.29 is 39.3 Å². The van der Waals surface area contributed by atoms with Crippen molar-refractivity contribution in [1.82, 2.24) is 10.2 Å². The molecule has 0 saturated carbocycles. The van der Waals surface area contributed by atoms with Crippen molar-refractivity contribution in [2.75, 3.05) is 7.05 Å². The zero-order valence-corrected chi connectivity index (χ0v) is 12.4. The van der Waals surface area contributed by atoms with Crippen molar-refractivity contribution in [2.24, 2.45) is 5.73 Å². The van der Waals surface area contributed by atoms with Crippen LogP contribution in [-0.2, 0) is 19.2 Å². The van der Waals surface area contributed by atoms with Gasteiger partial charge in [-0.05, 0) is 12.8 Å². The van der Waals surface area contributed by atoms with Crippen LogP contribution in [0.2, 0.25) is 0 Å². The molecule has 0 bridgehead atoms. The Kier molecular flexibility index (Phi) is 8.08. The molecule has 0 aromatic carbocycles. The maximum Gasteiger partial charge on any atom is 0.326 e. The number of nitrogens with two attached hydrogens (primary N) is 1. The molecule has 0 rings (SSSR count). The van der Waals surface area contributed by atoms with Crippen LogP contribution in [0.15, 0.2) is 0 Å². The number of carboxylic acids is 3. The molecule has 0 saturated heterocycles. The molecule has 6 N–H and O–H groups in total. The number of rotatable bonds is 10. The van der Waals surface area contributed by atoms with Gasteiger partial charge in [-0.3, -0.25) is 9.59 Å². The molecule has 0 aliphatic rings. The van der Waals surface area contributed by atoms with Crippen molar-refractivity contribution >= 4 is 29.8 Å². The summed E-state index contributed by atoms with van der Waals surface area (Å²) >= 11 is 0. The van der Waals surface area contributed by atoms with E-state index in [-0.39, 0.29) is 19.3 Å². The highest BCUT2D eigenvalue weighted by atomic mass is 16.4. The molecule has 0 aromatic heterocycles. The van der Waals surface area contributed by atoms with E-state index < -0.39 is 48.4 Å². The summed E-state index contributed by atoms with van der Waals surface area (Å²) in [6.45, 7) is 0. The van der Waals surface area contributed by atoms with Crippen LogP contribution in [0, 0.1) is 0 Å². The second kappa shape index (κ2) is 9.23. The SMILES string of the molecule is CN(C(=O)N[C@@H](CCC(N)=O)C(=O)O)[C@@H](CCC(=O)O)C(=O)O. The van der Waals surface area contributed by atoms with Crippen LogP contribution in [0.5, 0.6) is 0 Å². The number of hydrogen-bond donors (Lipinski definition) is 5. The lowest BCUT2D eigenvalue weighted by molar-refractivity contribution is -0.143. The Morgan fingerprint density at radius 2 is 1.57 bits per heavy atom. The van der Waals surface area contributed by atoms with Gasteiger partial charge in [0.05, 0.1) is 0 Å². The molecule has 0 spiro atoms. The number of nitrogens with one attached hydrogen (secondary N) is 1. The number of aliphatic carboxylic acids is 3. The van der Waals surface area contributed by atoms with Crippen LogP contribution in [0.4, 0.5) is 4.79 Å². The summed E-state index contributed by atoms with van der Waals surface area (Å²) in [5.41, 5.74) is 4.90. The summed E-state index contributed by atoms with van der Waals surface area (Å²) in [7, 11) is 1.10. The van der Waals surface area contributed by atoms with Crippen molar-refractivity contribution in [3.8, 4) is 0 Å². The predicted molar refractivity (Wildman–Crippen MR) is 74.4 cm³/mol. The molecule has 0 aliphatic carbocycles. The molecule has 11 heteroatoms. The quantitative estimate of drug-likeness (QED) is 0.325. The average molecular weight is 333 g/mol. The Hall–Kier alpha value is -2.85. The van der Waals surface area contributed by atoms with Crippen LogP contribution in [0.3, 0.4) is 0 Å². The summed E-state index contributed by atoms with van der Waals surface area (Å²) in [4.78, 5) is 55.9. The number of nitrogens with zero attached hydrogens (tertiary/aromatic N) is 1. The lowest BCUT2D eigenvalue weighted by Gasteiger charge is -2.26. The second-order valence-corrected chi connectivity index (χ2v) is 4.74. The molecule has 3 amide bonds. The van der Waals surface area contributed by atoms with Crippen LogP contribution >= 0.6 is 0 Å². The lowest BCUT2D eigenvalue weighted by atomic mass is 10.1. The highest BCUT2D eigenvalue weighted by Gasteiger charge is 2.29. The lowest BCUT2D eigenvalue weighted by Crippen LogP contribution is -2.52. The molecule has 0 heterocycles. The Labute approximate surface area is 131 Å². The van der Waals surface area contributed by atoms with Crippen molar-refractivity contribution in [3.05, 3.63) is 0 Å². The molecule has 130 valence electrons. The molecular formula is C12H19N3O8. The first-order valence-electron chi connectivity index (χ1n) is 6.55. The van der Waals surface area contributed by atoms with Crippen molar-refractivity contribution in [3.63, 3.8) is 0 Å². The van der Waals surface area contributed by atoms with Gasteiger partial charge in [0.25, 0.3) is 0 Å². The van der Waals surface area contributed by atoms with E-state index >= 15 is 0 Å². The van der Waals surface area contributed by atoms with Gasteiger partial charge in [-0.15, -0.1) is 0 Å². The fourth-order valence-corrected chi connectivity index (χ4v) is 1.68. The summed E-state index contributed by atoms with van der Waals surface area (Å²) in [6, 6.07) is -3.87. The smallest absolute Gasteiger partial charge is 0.326 e. The number of carbonyl (C=O) groups excluding carboxylic acids is 2. The molecular weight excluding hydrogens is 314 g/mol. The fourth-order valence-electron chi connectivity index (χ4n) is 1.68. The van der Waals surface area contributed by atoms with Gasteiger partial charge in [0.1, 0.15) is 12.1 Å². The zero-order chi connectivity index (χ0) is 18.2. The van der Waals surface area contributed by atoms with E-state index in [9.17, 15) is 24.0 Å². The summed E-state index contributed by atoms with van der Waals surface area (Å²) in [5.74, 6) is -4.81. The van der Waals surface area contributed by atoms with Gasteiger partial charge in [-0.2, -0.15) is 0 Å². The standard InChI is InChI=1S/C12H19N3O8/c1-15(7(11(21)22)3-5-9(17)18)12(23)14-6(10(19)20)2-4-8(13)16/h6-7H,2-5H2,1H3,(H2,13,16)(H,14,23)(H,17,18)(H,19,20)(H,21,22)/t6-,7-/m0/s1. The number of hydrogen-bond acceptors (Lipinski definition) is 5. The van der Waals surface area contributed by atoms with E-state index in [2.05, 4.69) is 5.32 Å². The third-order valence-corrected chi connectivity index (χ3v) is 2.98. The first-order chi connectivity index (χ1) is 10.6. The van der Waals surface area contributed by atoms with E-state index in [1.807, 2.05) is 0 Å². The molecule has 0 unspecified atom stereocenters. The Balaban J connectivity index is 4.86. The second-order valence-electron chi connectivity index (χ2n) is 4.74. The third-order valence-electron chi connectivity index (χ3n) is 2.98. The van der Waals surface area contributed by atoms with E-state index in [1.54, 1.807) is 0 Å². The highest BCUT2D eigenvalue weighted by Crippen LogP contribution is 2.08. The number of primary amides is 1. The van der Waals surface area contributed by atoms with Gasteiger partial charge in [-0.25, -0.2) is 14.4 Å². The summed E-state index contributed by atoms with van der Waals surface area (Å²) in [5, 5.41) is 28.6. The average Bonchev–Trinajstić information content (AvgIpc) is 2.41. The maximum absolute atomic E-state index is 11.9. The molecule has 0 fully saturated rings. The summed E-state index contributed by atoms with van der Waals surface area (Å²) in [6.07, 6.45) is -1.34. The number of amides is 3. The van der Waals surface area contributed by atoms with Gasteiger partial charge >= 0.3 is 23.9 Å². The minimum Gasteiger partial charge on any atom is -0.481 e. The molecule has 11 nitrogen and oxygen atoms in total. The zero-order valence-electron chi connectivity index (χ0n) is 12.4. The first-order valence-corrected chi connectivity index (χ1v) is 6.55. The van der Waals surface area contributed by atoms with Gasteiger partial charge in [0.15, 0.2) is 0 Å². The van der Waals surface area contributed by atoms with E-state index in [4.69, 9.17) is 21.1 Å². The minimum absolute atomic E-state index is 0.253. The van der Waals surface area contributed by atoms with Crippen LogP contribution < -0.4 is 11.1 Å². The van der Waals surface area contributed by atoms with Crippen molar-refractivity contribution in [1.29, 1.82) is 0 Å². The largest absolute Gasteiger partial charge is 0.481 e. The van der Waals surface area contributed by atoms with Gasteiger partial charge in [0, 0.05) is 19.9 Å². The monoisotopic (exact) mass is 333 g/mol. The minimum atomic E-state index is -1.43. The van der Waals surface area contributed by atoms with E-state index in [0.29, 0.717) is 4.90 Å². The topological polar surface area (TPSA) is 187 Å².